The van der Waals surface area contributed by atoms with Crippen LogP contribution in [0, 0.1) is 5.41 Å². The fourth-order valence-corrected chi connectivity index (χ4v) is 5.32. The van der Waals surface area contributed by atoms with Gasteiger partial charge in [0.1, 0.15) is 5.54 Å². The number of hydrogen-bond acceptors (Lipinski definition) is 5. The first kappa shape index (κ1) is 15.6. The van der Waals surface area contributed by atoms with Crippen molar-refractivity contribution >= 4 is 17.4 Å². The number of hydrogen-bond donors (Lipinski definition) is 1. The summed E-state index contributed by atoms with van der Waals surface area (Å²) in [5.74, 6) is -0.0410. The lowest BCUT2D eigenvalue weighted by atomic mass is 9.64. The number of rotatable bonds is 2. The Morgan fingerprint density at radius 3 is 2.83 bits per heavy atom. The number of ketones is 1. The number of carbonyl (C=O) groups excluding carboxylic acids is 2. The van der Waals surface area contributed by atoms with Crippen LogP contribution in [0.5, 0.6) is 0 Å². The quantitative estimate of drug-likeness (QED) is 0.845. The number of nitrogens with one attached hydrogen (secondary N) is 1. The van der Waals surface area contributed by atoms with Crippen LogP contribution in [0.1, 0.15) is 43.0 Å². The van der Waals surface area contributed by atoms with Crippen molar-refractivity contribution in [3.8, 4) is 0 Å². The van der Waals surface area contributed by atoms with Gasteiger partial charge in [-0.1, -0.05) is 19.1 Å². The highest BCUT2D eigenvalue weighted by atomic mass is 16.5. The number of nitrogens with zero attached hydrogens (tertiary/aromatic N) is 1. The molecular weight excluding hydrogens is 304 g/mol. The topological polar surface area (TPSA) is 58.6 Å². The van der Waals surface area contributed by atoms with Crippen molar-refractivity contribution in [1.29, 1.82) is 0 Å². The summed E-state index contributed by atoms with van der Waals surface area (Å²) in [4.78, 5) is 28.5. The van der Waals surface area contributed by atoms with Gasteiger partial charge in [-0.3, -0.25) is 14.5 Å². The lowest BCUT2D eigenvalue weighted by Gasteiger charge is -2.49. The van der Waals surface area contributed by atoms with Gasteiger partial charge >= 0.3 is 5.97 Å². The number of ether oxygens (including phenoxy) is 1. The molecule has 3 atom stereocenters. The van der Waals surface area contributed by atoms with Crippen molar-refractivity contribution < 1.29 is 14.3 Å². The van der Waals surface area contributed by atoms with E-state index in [9.17, 15) is 9.59 Å². The van der Waals surface area contributed by atoms with Crippen LogP contribution in [0.25, 0.3) is 0 Å². The zero-order chi connectivity index (χ0) is 16.9. The molecule has 24 heavy (non-hydrogen) atoms. The molecule has 0 bridgehead atoms. The minimum Gasteiger partial charge on any atom is -0.469 e. The van der Waals surface area contributed by atoms with Gasteiger partial charge in [0.15, 0.2) is 5.78 Å². The number of fused-ring (bicyclic) bond motifs is 3. The molecule has 1 aromatic rings. The van der Waals surface area contributed by atoms with E-state index in [1.54, 1.807) is 0 Å². The average molecular weight is 328 g/mol. The Labute approximate surface area is 142 Å². The fourth-order valence-electron chi connectivity index (χ4n) is 5.32. The van der Waals surface area contributed by atoms with Crippen LogP contribution >= 0.6 is 0 Å². The van der Waals surface area contributed by atoms with Gasteiger partial charge in [-0.25, -0.2) is 0 Å². The van der Waals surface area contributed by atoms with E-state index in [0.717, 1.165) is 43.6 Å². The van der Waals surface area contributed by atoms with Crippen LogP contribution in [0.2, 0.25) is 0 Å². The molecule has 0 aliphatic carbocycles. The molecule has 0 aromatic heterocycles. The van der Waals surface area contributed by atoms with E-state index >= 15 is 0 Å². The number of Topliss-reactive ketones (excluding diaryl/α,β-unsaturated/α-hetero) is 1. The SMILES string of the molecule is CCC1(C(=O)OC)CCCN2CCC3(Nc4ccccc4C3=O)C21. The Balaban J connectivity index is 1.84. The lowest BCUT2D eigenvalue weighted by molar-refractivity contribution is -0.161. The molecule has 3 aliphatic rings. The Kier molecular flexibility index (Phi) is 3.46. The molecule has 0 saturated carbocycles. The van der Waals surface area contributed by atoms with Crippen LogP contribution < -0.4 is 5.32 Å². The van der Waals surface area contributed by atoms with Gasteiger partial charge in [0, 0.05) is 17.8 Å². The maximum absolute atomic E-state index is 13.3. The van der Waals surface area contributed by atoms with Gasteiger partial charge in [-0.15, -0.1) is 0 Å². The first-order chi connectivity index (χ1) is 11.6. The molecule has 1 aromatic carbocycles. The molecular formula is C19H24N2O3. The Hall–Kier alpha value is -1.88. The smallest absolute Gasteiger partial charge is 0.313 e. The minimum absolute atomic E-state index is 0.134. The number of methoxy groups -OCH3 is 1. The second kappa shape index (κ2) is 5.31. The Morgan fingerprint density at radius 1 is 1.33 bits per heavy atom. The fraction of sp³-hybridized carbons (Fsp3) is 0.579. The predicted molar refractivity (Wildman–Crippen MR) is 91.1 cm³/mol. The zero-order valence-electron chi connectivity index (χ0n) is 14.3. The van der Waals surface area contributed by atoms with Gasteiger partial charge in [0.25, 0.3) is 0 Å². The molecule has 5 heteroatoms. The molecule has 3 aliphatic heterocycles. The zero-order valence-corrected chi connectivity index (χ0v) is 14.3. The lowest BCUT2D eigenvalue weighted by Crippen LogP contribution is -2.65. The number of benzene rings is 1. The summed E-state index contributed by atoms with van der Waals surface area (Å²) in [7, 11) is 1.46. The number of piperidine rings is 1. The minimum atomic E-state index is -0.700. The van der Waals surface area contributed by atoms with E-state index in [0.29, 0.717) is 6.42 Å². The van der Waals surface area contributed by atoms with Gasteiger partial charge in [-0.2, -0.15) is 0 Å². The van der Waals surface area contributed by atoms with Crippen molar-refractivity contribution in [1.82, 2.24) is 4.90 Å². The monoisotopic (exact) mass is 328 g/mol. The number of anilines is 1. The summed E-state index contributed by atoms with van der Waals surface area (Å²) < 4.78 is 5.20. The van der Waals surface area contributed by atoms with E-state index in [2.05, 4.69) is 10.2 Å². The van der Waals surface area contributed by atoms with Gasteiger partial charge in [0.05, 0.1) is 18.6 Å². The third-order valence-corrected chi connectivity index (χ3v) is 6.37. The number of para-hydroxylation sites is 1. The van der Waals surface area contributed by atoms with Crippen molar-refractivity contribution in [3.63, 3.8) is 0 Å². The normalized spacial score (nSPS) is 34.8. The van der Waals surface area contributed by atoms with E-state index < -0.39 is 11.0 Å². The molecule has 3 heterocycles. The van der Waals surface area contributed by atoms with E-state index in [1.165, 1.54) is 7.11 Å². The molecule has 4 rings (SSSR count). The van der Waals surface area contributed by atoms with E-state index in [-0.39, 0.29) is 17.8 Å². The van der Waals surface area contributed by atoms with Crippen molar-refractivity contribution in [2.75, 3.05) is 25.5 Å². The third-order valence-electron chi connectivity index (χ3n) is 6.37. The molecule has 2 saturated heterocycles. The van der Waals surface area contributed by atoms with Crippen molar-refractivity contribution in [2.45, 2.75) is 44.2 Å². The Bertz CT molecular complexity index is 704. The molecule has 0 amide bonds. The van der Waals surface area contributed by atoms with Crippen molar-refractivity contribution in [2.24, 2.45) is 5.41 Å². The maximum atomic E-state index is 13.3. The Morgan fingerprint density at radius 2 is 2.12 bits per heavy atom. The van der Waals surface area contributed by atoms with Crippen LogP contribution in [0.15, 0.2) is 24.3 Å². The first-order valence-corrected chi connectivity index (χ1v) is 8.83. The number of esters is 1. The molecule has 5 nitrogen and oxygen atoms in total. The molecule has 1 N–H and O–H groups in total. The molecule has 0 radical (unpaired) electrons. The van der Waals surface area contributed by atoms with Gasteiger partial charge in [-0.05, 0) is 44.4 Å². The first-order valence-electron chi connectivity index (χ1n) is 8.83. The molecule has 2 fully saturated rings. The van der Waals surface area contributed by atoms with E-state index in [4.69, 9.17) is 4.74 Å². The summed E-state index contributed by atoms with van der Waals surface area (Å²) in [6, 6.07) is 7.55. The van der Waals surface area contributed by atoms with Gasteiger partial charge in [0.2, 0.25) is 0 Å². The predicted octanol–water partition coefficient (Wildman–Crippen LogP) is 2.47. The van der Waals surface area contributed by atoms with E-state index in [1.807, 2.05) is 31.2 Å². The summed E-state index contributed by atoms with van der Waals surface area (Å²) in [5.41, 5.74) is 0.326. The summed E-state index contributed by atoms with van der Waals surface area (Å²) in [6.07, 6.45) is 3.18. The van der Waals surface area contributed by atoms with Gasteiger partial charge < -0.3 is 10.1 Å². The maximum Gasteiger partial charge on any atom is 0.313 e. The summed E-state index contributed by atoms with van der Waals surface area (Å²) in [5, 5.41) is 3.53. The highest BCUT2D eigenvalue weighted by molar-refractivity contribution is 6.14. The standard InChI is InChI=1S/C19H24N2O3/c1-3-18(17(23)24-2)9-6-11-21-12-10-19(16(18)21)15(22)13-7-4-5-8-14(13)20-19/h4-5,7-8,16,20H,3,6,9-12H2,1-2H3. The largest absolute Gasteiger partial charge is 0.469 e. The molecule has 3 unspecified atom stereocenters. The van der Waals surface area contributed by atoms with Crippen LogP contribution in [-0.2, 0) is 9.53 Å². The second-order valence-electron chi connectivity index (χ2n) is 7.26. The van der Waals surface area contributed by atoms with Crippen molar-refractivity contribution in [3.05, 3.63) is 29.8 Å². The summed E-state index contributed by atoms with van der Waals surface area (Å²) >= 11 is 0. The highest BCUT2D eigenvalue weighted by Crippen LogP contribution is 2.53. The molecule has 1 spiro atoms. The number of carbonyl (C=O) groups is 2. The second-order valence-corrected chi connectivity index (χ2v) is 7.26. The van der Waals surface area contributed by atoms with Crippen LogP contribution in [0.4, 0.5) is 5.69 Å². The molecule has 128 valence electrons. The average Bonchev–Trinajstić information content (AvgIpc) is 3.14. The highest BCUT2D eigenvalue weighted by Gasteiger charge is 2.66. The third kappa shape index (κ3) is 1.79. The van der Waals surface area contributed by atoms with Crippen LogP contribution in [-0.4, -0.2) is 48.4 Å². The summed E-state index contributed by atoms with van der Waals surface area (Å²) in [6.45, 7) is 3.83. The van der Waals surface area contributed by atoms with Crippen LogP contribution in [0.3, 0.4) is 0 Å².